The summed E-state index contributed by atoms with van der Waals surface area (Å²) < 4.78 is 7.32. The number of nitrogens with zero attached hydrogens (tertiary/aromatic N) is 3. The Bertz CT molecular complexity index is 1300. The minimum Gasteiger partial charge on any atom is -0.462 e. The van der Waals surface area contributed by atoms with E-state index >= 15 is 0 Å². The number of ether oxygens (including phenoxy) is 1. The molecule has 0 fully saturated rings. The molecule has 0 spiro atoms. The quantitative estimate of drug-likeness (QED) is 0.201. The number of carbonyl (C=O) groups is 2. The van der Waals surface area contributed by atoms with Crippen LogP contribution in [0.25, 0.3) is 11.1 Å². The Hall–Kier alpha value is -3.43. The molecule has 2 aromatic carbocycles. The number of thiophene rings is 1. The van der Waals surface area contributed by atoms with Gasteiger partial charge in [0.15, 0.2) is 5.16 Å². The van der Waals surface area contributed by atoms with Crippen molar-refractivity contribution in [1.29, 1.82) is 0 Å². The summed E-state index contributed by atoms with van der Waals surface area (Å²) in [5.41, 5.74) is 3.27. The van der Waals surface area contributed by atoms with Crippen molar-refractivity contribution in [1.82, 2.24) is 14.8 Å². The van der Waals surface area contributed by atoms with Crippen molar-refractivity contribution in [2.24, 2.45) is 0 Å². The van der Waals surface area contributed by atoms with Gasteiger partial charge in [-0.05, 0) is 31.4 Å². The predicted molar refractivity (Wildman–Crippen MR) is 145 cm³/mol. The number of carbonyl (C=O) groups excluding carboxylic acids is 2. The second-order valence-corrected chi connectivity index (χ2v) is 9.73. The van der Waals surface area contributed by atoms with Crippen LogP contribution >= 0.6 is 23.1 Å². The van der Waals surface area contributed by atoms with Gasteiger partial charge in [-0.15, -0.1) is 21.5 Å². The molecule has 186 valence electrons. The molecule has 4 rings (SSSR count). The molecule has 0 radical (unpaired) electrons. The lowest BCUT2D eigenvalue weighted by Gasteiger charge is -2.09. The molecule has 1 amide bonds. The molecule has 0 aliphatic heterocycles. The zero-order valence-electron chi connectivity index (χ0n) is 20.3. The van der Waals surface area contributed by atoms with E-state index < -0.39 is 5.97 Å². The zero-order chi connectivity index (χ0) is 25.3. The van der Waals surface area contributed by atoms with Crippen molar-refractivity contribution in [2.75, 3.05) is 17.7 Å². The highest BCUT2D eigenvalue weighted by Gasteiger charge is 2.23. The number of rotatable bonds is 11. The minimum absolute atomic E-state index is 0.150. The Morgan fingerprint density at radius 1 is 1.00 bits per heavy atom. The molecule has 1 N–H and O–H groups in total. The average molecular weight is 521 g/mol. The molecule has 0 unspecified atom stereocenters. The van der Waals surface area contributed by atoms with Crippen molar-refractivity contribution < 1.29 is 14.3 Å². The monoisotopic (exact) mass is 520 g/mol. The molecule has 7 nitrogen and oxygen atoms in total. The SMILES string of the molecule is CCOC(=O)c1c(-c2ccccc2)csc1NC(=O)CSc1nnc(CCc2ccccc2)n1CC. The van der Waals surface area contributed by atoms with E-state index in [9.17, 15) is 9.59 Å². The van der Waals surface area contributed by atoms with Crippen molar-refractivity contribution in [3.63, 3.8) is 0 Å². The van der Waals surface area contributed by atoms with E-state index in [0.717, 1.165) is 36.3 Å². The first-order chi connectivity index (χ1) is 17.6. The van der Waals surface area contributed by atoms with Gasteiger partial charge in [0.25, 0.3) is 0 Å². The van der Waals surface area contributed by atoms with Crippen molar-refractivity contribution in [3.05, 3.63) is 83.0 Å². The van der Waals surface area contributed by atoms with Crippen LogP contribution in [0.3, 0.4) is 0 Å². The number of esters is 1. The molecule has 0 aliphatic rings. The lowest BCUT2D eigenvalue weighted by atomic mass is 10.0. The molecule has 0 atom stereocenters. The molecule has 0 saturated heterocycles. The molecule has 9 heteroatoms. The van der Waals surface area contributed by atoms with Gasteiger partial charge in [-0.2, -0.15) is 0 Å². The third-order valence-corrected chi connectivity index (χ3v) is 7.39. The highest BCUT2D eigenvalue weighted by Crippen LogP contribution is 2.36. The number of aromatic nitrogens is 3. The number of benzene rings is 2. The van der Waals surface area contributed by atoms with Gasteiger partial charge in [0.05, 0.1) is 12.4 Å². The van der Waals surface area contributed by atoms with Gasteiger partial charge in [0.1, 0.15) is 16.4 Å². The third-order valence-electron chi connectivity index (χ3n) is 5.53. The fraction of sp³-hybridized carbons (Fsp3) is 0.259. The first-order valence-electron chi connectivity index (χ1n) is 11.8. The molecule has 2 heterocycles. The summed E-state index contributed by atoms with van der Waals surface area (Å²) in [5.74, 6) is 0.384. The van der Waals surface area contributed by atoms with Crippen molar-refractivity contribution in [2.45, 2.75) is 38.4 Å². The van der Waals surface area contributed by atoms with Crippen LogP contribution in [0.4, 0.5) is 5.00 Å². The van der Waals surface area contributed by atoms with E-state index in [2.05, 4.69) is 27.6 Å². The van der Waals surface area contributed by atoms with Crippen LogP contribution in [0.2, 0.25) is 0 Å². The molecule has 2 aromatic heterocycles. The summed E-state index contributed by atoms with van der Waals surface area (Å²) in [6.07, 6.45) is 1.65. The lowest BCUT2D eigenvalue weighted by Crippen LogP contribution is -2.17. The summed E-state index contributed by atoms with van der Waals surface area (Å²) in [7, 11) is 0. The number of hydrogen-bond acceptors (Lipinski definition) is 7. The van der Waals surface area contributed by atoms with E-state index in [1.807, 2.05) is 65.4 Å². The standard InChI is InChI=1S/C27H28N4O3S2/c1-3-31-22(16-15-19-11-7-5-8-12-19)29-30-27(31)36-18-23(32)28-25-24(26(33)34-4-2)21(17-35-25)20-13-9-6-10-14-20/h5-14,17H,3-4,15-16,18H2,1-2H3,(H,28,32). The summed E-state index contributed by atoms with van der Waals surface area (Å²) in [5, 5.41) is 14.6. The topological polar surface area (TPSA) is 86.1 Å². The molecule has 4 aromatic rings. The van der Waals surface area contributed by atoms with Crippen molar-refractivity contribution >= 4 is 40.0 Å². The van der Waals surface area contributed by atoms with E-state index in [1.165, 1.54) is 28.7 Å². The Morgan fingerprint density at radius 2 is 1.72 bits per heavy atom. The van der Waals surface area contributed by atoms with Gasteiger partial charge in [-0.1, -0.05) is 72.4 Å². The summed E-state index contributed by atoms with van der Waals surface area (Å²) >= 11 is 2.65. The lowest BCUT2D eigenvalue weighted by molar-refractivity contribution is -0.113. The minimum atomic E-state index is -0.450. The van der Waals surface area contributed by atoms with Gasteiger partial charge in [-0.3, -0.25) is 4.79 Å². The zero-order valence-corrected chi connectivity index (χ0v) is 21.9. The molecule has 36 heavy (non-hydrogen) atoms. The smallest absolute Gasteiger partial charge is 0.341 e. The van der Waals surface area contributed by atoms with Crippen LogP contribution in [0.5, 0.6) is 0 Å². The van der Waals surface area contributed by atoms with Crippen LogP contribution < -0.4 is 5.32 Å². The number of hydrogen-bond donors (Lipinski definition) is 1. The predicted octanol–water partition coefficient (Wildman–Crippen LogP) is 5.72. The second kappa shape index (κ2) is 12.5. The third kappa shape index (κ3) is 6.22. The molecule has 0 bridgehead atoms. The second-order valence-electron chi connectivity index (χ2n) is 7.91. The summed E-state index contributed by atoms with van der Waals surface area (Å²) in [4.78, 5) is 25.6. The maximum absolute atomic E-state index is 12.8. The molecule has 0 aliphatic carbocycles. The Morgan fingerprint density at radius 3 is 2.42 bits per heavy atom. The normalized spacial score (nSPS) is 10.8. The largest absolute Gasteiger partial charge is 0.462 e. The fourth-order valence-corrected chi connectivity index (χ4v) is 5.60. The first kappa shape index (κ1) is 25.7. The number of nitrogens with one attached hydrogen (secondary N) is 1. The fourth-order valence-electron chi connectivity index (χ4n) is 3.81. The first-order valence-corrected chi connectivity index (χ1v) is 13.7. The highest BCUT2D eigenvalue weighted by atomic mass is 32.2. The number of aryl methyl sites for hydroxylation is 2. The number of thioether (sulfide) groups is 1. The van der Waals surface area contributed by atoms with E-state index in [0.29, 0.717) is 15.7 Å². The molecular weight excluding hydrogens is 492 g/mol. The van der Waals surface area contributed by atoms with Crippen LogP contribution in [0.15, 0.2) is 71.2 Å². The molecular formula is C27H28N4O3S2. The van der Waals surface area contributed by atoms with Gasteiger partial charge in [0.2, 0.25) is 5.91 Å². The van der Waals surface area contributed by atoms with Gasteiger partial charge >= 0.3 is 5.97 Å². The maximum Gasteiger partial charge on any atom is 0.341 e. The van der Waals surface area contributed by atoms with Crippen LogP contribution in [-0.2, 0) is 28.9 Å². The maximum atomic E-state index is 12.8. The average Bonchev–Trinajstić information content (AvgIpc) is 3.51. The summed E-state index contributed by atoms with van der Waals surface area (Å²) in [6, 6.07) is 19.9. The van der Waals surface area contributed by atoms with Gasteiger partial charge in [-0.25, -0.2) is 4.79 Å². The van der Waals surface area contributed by atoms with Crippen molar-refractivity contribution in [3.8, 4) is 11.1 Å². The van der Waals surface area contributed by atoms with Gasteiger partial charge < -0.3 is 14.6 Å². The van der Waals surface area contributed by atoms with Crippen LogP contribution in [-0.4, -0.2) is 39.0 Å². The van der Waals surface area contributed by atoms with Crippen LogP contribution in [0, 0.1) is 0 Å². The van der Waals surface area contributed by atoms with E-state index in [1.54, 1.807) is 6.92 Å². The Labute approximate surface area is 218 Å². The molecule has 0 saturated carbocycles. The van der Waals surface area contributed by atoms with Crippen LogP contribution in [0.1, 0.15) is 35.6 Å². The van der Waals surface area contributed by atoms with E-state index in [-0.39, 0.29) is 18.3 Å². The highest BCUT2D eigenvalue weighted by molar-refractivity contribution is 7.99. The van der Waals surface area contributed by atoms with Gasteiger partial charge in [0, 0.05) is 23.9 Å². The number of amides is 1. The van der Waals surface area contributed by atoms with E-state index in [4.69, 9.17) is 4.74 Å². The number of anilines is 1. The summed E-state index contributed by atoms with van der Waals surface area (Å²) in [6.45, 7) is 4.78. The Balaban J connectivity index is 1.43. The Kier molecular flexibility index (Phi) is 8.91.